The van der Waals surface area contributed by atoms with E-state index < -0.39 is 0 Å². The number of nitrogens with two attached hydrogens (primary N) is 1. The fraction of sp³-hybridized carbons (Fsp3) is 0.278. The van der Waals surface area contributed by atoms with Crippen LogP contribution < -0.4 is 5.73 Å². The molecule has 0 spiro atoms. The molecule has 5 heteroatoms. The Balaban J connectivity index is 0.00000192. The normalized spacial score (nSPS) is 13.3. The first-order valence-corrected chi connectivity index (χ1v) is 7.52. The molecule has 0 saturated heterocycles. The van der Waals surface area contributed by atoms with Crippen LogP contribution in [0.25, 0.3) is 0 Å². The number of amides is 1. The molecule has 1 fully saturated rings. The minimum Gasteiger partial charge on any atom is -0.331 e. The minimum absolute atomic E-state index is 0. The van der Waals surface area contributed by atoms with Crippen LogP contribution in [-0.2, 0) is 13.1 Å². The number of carbonyl (C=O) groups is 1. The third-order valence-electron chi connectivity index (χ3n) is 3.98. The highest BCUT2D eigenvalue weighted by atomic mass is 35.5. The van der Waals surface area contributed by atoms with E-state index in [0.29, 0.717) is 24.2 Å². The number of hydrogen-bond donors (Lipinski definition) is 1. The number of halogens is 2. The number of carbonyl (C=O) groups excluding carboxylic acids is 1. The van der Waals surface area contributed by atoms with Gasteiger partial charge in [-0.15, -0.1) is 12.4 Å². The van der Waals surface area contributed by atoms with Crippen LogP contribution in [0.3, 0.4) is 0 Å². The van der Waals surface area contributed by atoms with Crippen molar-refractivity contribution in [2.75, 3.05) is 0 Å². The van der Waals surface area contributed by atoms with Crippen molar-refractivity contribution >= 4 is 18.3 Å². The summed E-state index contributed by atoms with van der Waals surface area (Å²) >= 11 is 0. The van der Waals surface area contributed by atoms with Crippen molar-refractivity contribution in [3.05, 3.63) is 71.0 Å². The van der Waals surface area contributed by atoms with E-state index in [9.17, 15) is 9.18 Å². The lowest BCUT2D eigenvalue weighted by Gasteiger charge is -2.23. The fourth-order valence-electron chi connectivity index (χ4n) is 2.51. The van der Waals surface area contributed by atoms with Crippen molar-refractivity contribution in [3.8, 4) is 0 Å². The molecule has 3 rings (SSSR count). The molecule has 1 aliphatic rings. The van der Waals surface area contributed by atoms with Crippen LogP contribution in [0.2, 0.25) is 0 Å². The van der Waals surface area contributed by atoms with E-state index in [4.69, 9.17) is 5.73 Å². The lowest BCUT2D eigenvalue weighted by Crippen LogP contribution is -2.32. The molecule has 0 bridgehead atoms. The van der Waals surface area contributed by atoms with Crippen molar-refractivity contribution in [1.82, 2.24) is 4.90 Å². The van der Waals surface area contributed by atoms with Crippen LogP contribution >= 0.6 is 12.4 Å². The van der Waals surface area contributed by atoms with Crippen LogP contribution in [-0.4, -0.2) is 16.8 Å². The lowest BCUT2D eigenvalue weighted by atomic mass is 10.1. The maximum atomic E-state index is 13.8. The maximum absolute atomic E-state index is 13.8. The Labute approximate surface area is 141 Å². The fourth-order valence-corrected chi connectivity index (χ4v) is 2.51. The number of nitrogens with zero attached hydrogens (tertiary/aromatic N) is 1. The van der Waals surface area contributed by atoms with Gasteiger partial charge in [0.2, 0.25) is 0 Å². The Morgan fingerprint density at radius 1 is 1.13 bits per heavy atom. The average Bonchev–Trinajstić information content (AvgIpc) is 3.38. The molecular weight excluding hydrogens is 315 g/mol. The van der Waals surface area contributed by atoms with Crippen LogP contribution in [0.15, 0.2) is 48.5 Å². The zero-order valence-electron chi connectivity index (χ0n) is 12.7. The largest absolute Gasteiger partial charge is 0.331 e. The summed E-state index contributed by atoms with van der Waals surface area (Å²) in [6.07, 6.45) is 1.97. The van der Waals surface area contributed by atoms with Gasteiger partial charge in [0.1, 0.15) is 5.82 Å². The molecule has 0 radical (unpaired) electrons. The van der Waals surface area contributed by atoms with Gasteiger partial charge in [0.05, 0.1) is 0 Å². The topological polar surface area (TPSA) is 46.3 Å². The first kappa shape index (κ1) is 17.4. The molecule has 0 aliphatic heterocycles. The molecule has 2 N–H and O–H groups in total. The predicted molar refractivity (Wildman–Crippen MR) is 90.9 cm³/mol. The third kappa shape index (κ3) is 4.09. The molecule has 23 heavy (non-hydrogen) atoms. The van der Waals surface area contributed by atoms with Gasteiger partial charge in [-0.3, -0.25) is 4.79 Å². The van der Waals surface area contributed by atoms with Gasteiger partial charge in [0.15, 0.2) is 0 Å². The van der Waals surface area contributed by atoms with Crippen molar-refractivity contribution in [2.45, 2.75) is 32.0 Å². The molecule has 0 aromatic heterocycles. The monoisotopic (exact) mass is 334 g/mol. The van der Waals surface area contributed by atoms with Crippen LogP contribution in [0.1, 0.15) is 34.3 Å². The first-order chi connectivity index (χ1) is 10.7. The van der Waals surface area contributed by atoms with E-state index in [1.807, 2.05) is 12.1 Å². The number of benzene rings is 2. The standard InChI is InChI=1S/C18H19FN2O.ClH/c19-17-4-2-1-3-15(17)12-21(16-9-10-16)18(22)14-7-5-13(11-20)6-8-14;/h1-8,16H,9-12,20H2;1H. The maximum Gasteiger partial charge on any atom is 0.254 e. The molecule has 1 amide bonds. The summed E-state index contributed by atoms with van der Waals surface area (Å²) in [5.41, 5.74) is 7.75. The van der Waals surface area contributed by atoms with Gasteiger partial charge < -0.3 is 10.6 Å². The first-order valence-electron chi connectivity index (χ1n) is 7.52. The van der Waals surface area contributed by atoms with Crippen molar-refractivity contribution in [2.24, 2.45) is 5.73 Å². The molecule has 122 valence electrons. The summed E-state index contributed by atoms with van der Waals surface area (Å²) in [5, 5.41) is 0. The number of hydrogen-bond acceptors (Lipinski definition) is 2. The molecule has 0 unspecified atom stereocenters. The van der Waals surface area contributed by atoms with E-state index in [1.165, 1.54) is 6.07 Å². The lowest BCUT2D eigenvalue weighted by molar-refractivity contribution is 0.0728. The van der Waals surface area contributed by atoms with Gasteiger partial charge >= 0.3 is 0 Å². The van der Waals surface area contributed by atoms with Gasteiger partial charge in [-0.1, -0.05) is 30.3 Å². The smallest absolute Gasteiger partial charge is 0.254 e. The molecular formula is C18H20ClFN2O. The molecule has 0 atom stereocenters. The van der Waals surface area contributed by atoms with E-state index >= 15 is 0 Å². The Kier molecular flexibility index (Phi) is 5.74. The Bertz CT molecular complexity index is 671. The third-order valence-corrected chi connectivity index (χ3v) is 3.98. The molecule has 1 saturated carbocycles. The quantitative estimate of drug-likeness (QED) is 0.909. The molecule has 3 nitrogen and oxygen atoms in total. The highest BCUT2D eigenvalue weighted by Gasteiger charge is 2.33. The van der Waals surface area contributed by atoms with E-state index in [2.05, 4.69) is 0 Å². The molecule has 2 aromatic rings. The zero-order chi connectivity index (χ0) is 15.5. The second kappa shape index (κ2) is 7.57. The number of rotatable bonds is 5. The van der Waals surface area contributed by atoms with E-state index in [0.717, 1.165) is 18.4 Å². The van der Waals surface area contributed by atoms with Crippen LogP contribution in [0.4, 0.5) is 4.39 Å². The Morgan fingerprint density at radius 3 is 2.35 bits per heavy atom. The highest BCUT2D eigenvalue weighted by Crippen LogP contribution is 2.30. The minimum atomic E-state index is -0.264. The SMILES string of the molecule is Cl.NCc1ccc(C(=O)N(Cc2ccccc2F)C2CC2)cc1. The summed E-state index contributed by atoms with van der Waals surface area (Å²) in [4.78, 5) is 14.5. The van der Waals surface area contributed by atoms with E-state index in [1.54, 1.807) is 35.2 Å². The average molecular weight is 335 g/mol. The van der Waals surface area contributed by atoms with Gasteiger partial charge in [-0.25, -0.2) is 4.39 Å². The summed E-state index contributed by atoms with van der Waals surface area (Å²) < 4.78 is 13.8. The summed E-state index contributed by atoms with van der Waals surface area (Å²) in [5.74, 6) is -0.311. The summed E-state index contributed by atoms with van der Waals surface area (Å²) in [6, 6.07) is 14.2. The van der Waals surface area contributed by atoms with Gasteiger partial charge in [-0.05, 0) is 36.6 Å². The second-order valence-electron chi connectivity index (χ2n) is 5.66. The molecule has 2 aromatic carbocycles. The predicted octanol–water partition coefficient (Wildman–Crippen LogP) is 3.51. The van der Waals surface area contributed by atoms with Gasteiger partial charge in [-0.2, -0.15) is 0 Å². The van der Waals surface area contributed by atoms with Crippen molar-refractivity contribution in [1.29, 1.82) is 0 Å². The van der Waals surface area contributed by atoms with Crippen molar-refractivity contribution in [3.63, 3.8) is 0 Å². The Morgan fingerprint density at radius 2 is 1.78 bits per heavy atom. The van der Waals surface area contributed by atoms with E-state index in [-0.39, 0.29) is 30.2 Å². The van der Waals surface area contributed by atoms with Crippen LogP contribution in [0, 0.1) is 5.82 Å². The van der Waals surface area contributed by atoms with Crippen LogP contribution in [0.5, 0.6) is 0 Å². The highest BCUT2D eigenvalue weighted by molar-refractivity contribution is 5.94. The zero-order valence-corrected chi connectivity index (χ0v) is 13.6. The Hall–Kier alpha value is -1.91. The van der Waals surface area contributed by atoms with Crippen molar-refractivity contribution < 1.29 is 9.18 Å². The molecule has 1 aliphatic carbocycles. The van der Waals surface area contributed by atoms with Gasteiger partial charge in [0, 0.05) is 30.3 Å². The van der Waals surface area contributed by atoms with Gasteiger partial charge in [0.25, 0.3) is 5.91 Å². The summed E-state index contributed by atoms with van der Waals surface area (Å²) in [7, 11) is 0. The summed E-state index contributed by atoms with van der Waals surface area (Å²) in [6.45, 7) is 0.769. The second-order valence-corrected chi connectivity index (χ2v) is 5.66. The molecule has 0 heterocycles.